The zero-order valence-corrected chi connectivity index (χ0v) is 8.98. The fourth-order valence-corrected chi connectivity index (χ4v) is 1.44. The summed E-state index contributed by atoms with van der Waals surface area (Å²) in [6.07, 6.45) is -0.326. The van der Waals surface area contributed by atoms with Gasteiger partial charge in [-0.05, 0) is 30.7 Å². The highest BCUT2D eigenvalue weighted by molar-refractivity contribution is 5.69. The SMILES string of the molecule is Cc1cc(F)ccc1-c1noc(CC(=O)O)n1. The smallest absolute Gasteiger partial charge is 0.312 e. The number of hydrogen-bond donors (Lipinski definition) is 1. The van der Waals surface area contributed by atoms with Gasteiger partial charge in [-0.25, -0.2) is 4.39 Å². The average molecular weight is 236 g/mol. The van der Waals surface area contributed by atoms with Gasteiger partial charge in [0.2, 0.25) is 11.7 Å². The number of carbonyl (C=O) groups is 1. The van der Waals surface area contributed by atoms with E-state index in [1.54, 1.807) is 6.92 Å². The van der Waals surface area contributed by atoms with Gasteiger partial charge in [-0.15, -0.1) is 0 Å². The van der Waals surface area contributed by atoms with Crippen molar-refractivity contribution in [3.8, 4) is 11.4 Å². The quantitative estimate of drug-likeness (QED) is 0.879. The number of carboxylic acid groups (broad SMARTS) is 1. The summed E-state index contributed by atoms with van der Waals surface area (Å²) in [7, 11) is 0. The van der Waals surface area contributed by atoms with Gasteiger partial charge in [-0.2, -0.15) is 4.98 Å². The predicted octanol–water partition coefficient (Wildman–Crippen LogP) is 1.81. The van der Waals surface area contributed by atoms with E-state index in [0.29, 0.717) is 11.1 Å². The molecule has 0 bridgehead atoms. The lowest BCUT2D eigenvalue weighted by atomic mass is 10.1. The molecule has 17 heavy (non-hydrogen) atoms. The summed E-state index contributed by atoms with van der Waals surface area (Å²) in [5, 5.41) is 12.2. The monoisotopic (exact) mass is 236 g/mol. The highest BCUT2D eigenvalue weighted by atomic mass is 19.1. The van der Waals surface area contributed by atoms with Crippen LogP contribution in [0.25, 0.3) is 11.4 Å². The van der Waals surface area contributed by atoms with Crippen molar-refractivity contribution in [2.45, 2.75) is 13.3 Å². The molecule has 88 valence electrons. The van der Waals surface area contributed by atoms with Crippen LogP contribution in [-0.4, -0.2) is 21.2 Å². The van der Waals surface area contributed by atoms with E-state index in [4.69, 9.17) is 9.63 Å². The summed E-state index contributed by atoms with van der Waals surface area (Å²) in [4.78, 5) is 14.4. The molecule has 6 heteroatoms. The summed E-state index contributed by atoms with van der Waals surface area (Å²) in [6.45, 7) is 1.71. The van der Waals surface area contributed by atoms with E-state index in [0.717, 1.165) is 0 Å². The fourth-order valence-electron chi connectivity index (χ4n) is 1.44. The number of halogens is 1. The first-order chi connectivity index (χ1) is 8.06. The van der Waals surface area contributed by atoms with Gasteiger partial charge in [-0.1, -0.05) is 5.16 Å². The Morgan fingerprint density at radius 1 is 1.53 bits per heavy atom. The third-order valence-electron chi connectivity index (χ3n) is 2.20. The summed E-state index contributed by atoms with van der Waals surface area (Å²) in [5.74, 6) is -1.11. The molecular formula is C11H9FN2O3. The van der Waals surface area contributed by atoms with Crippen LogP contribution >= 0.6 is 0 Å². The Kier molecular flexibility index (Phi) is 2.86. The Morgan fingerprint density at radius 2 is 2.29 bits per heavy atom. The van der Waals surface area contributed by atoms with Gasteiger partial charge in [-0.3, -0.25) is 4.79 Å². The maximum atomic E-state index is 12.9. The molecule has 0 fully saturated rings. The van der Waals surface area contributed by atoms with Crippen molar-refractivity contribution in [1.82, 2.24) is 10.1 Å². The summed E-state index contributed by atoms with van der Waals surface area (Å²) >= 11 is 0. The van der Waals surface area contributed by atoms with Crippen LogP contribution in [0.4, 0.5) is 4.39 Å². The molecule has 1 aromatic heterocycles. The van der Waals surface area contributed by atoms with Crippen molar-refractivity contribution in [3.63, 3.8) is 0 Å². The Labute approximate surface area is 95.9 Å². The zero-order chi connectivity index (χ0) is 12.4. The van der Waals surface area contributed by atoms with E-state index in [9.17, 15) is 9.18 Å². The van der Waals surface area contributed by atoms with Crippen LogP contribution in [0.3, 0.4) is 0 Å². The molecule has 0 amide bonds. The molecule has 1 heterocycles. The number of benzene rings is 1. The van der Waals surface area contributed by atoms with Crippen LogP contribution < -0.4 is 0 Å². The molecule has 2 rings (SSSR count). The van der Waals surface area contributed by atoms with Crippen molar-refractivity contribution in [2.75, 3.05) is 0 Å². The van der Waals surface area contributed by atoms with Gasteiger partial charge in [0.05, 0.1) is 0 Å². The maximum absolute atomic E-state index is 12.9. The molecule has 0 aliphatic rings. The number of aliphatic carboxylic acids is 1. The minimum absolute atomic E-state index is 0.0243. The third kappa shape index (κ3) is 2.47. The second kappa shape index (κ2) is 4.32. The summed E-state index contributed by atoms with van der Waals surface area (Å²) in [5.41, 5.74) is 1.28. The standard InChI is InChI=1S/C11H9FN2O3/c1-6-4-7(12)2-3-8(6)11-13-9(17-14-11)5-10(15)16/h2-4H,5H2,1H3,(H,15,16). The number of rotatable bonds is 3. The van der Waals surface area contributed by atoms with Crippen LogP contribution in [0.5, 0.6) is 0 Å². The highest BCUT2D eigenvalue weighted by Crippen LogP contribution is 2.21. The molecule has 1 aromatic carbocycles. The molecule has 5 nitrogen and oxygen atoms in total. The second-order valence-corrected chi connectivity index (χ2v) is 3.54. The number of aryl methyl sites for hydroxylation is 1. The van der Waals surface area contributed by atoms with E-state index in [1.807, 2.05) is 0 Å². The van der Waals surface area contributed by atoms with E-state index in [1.165, 1.54) is 18.2 Å². The van der Waals surface area contributed by atoms with E-state index in [-0.39, 0.29) is 24.0 Å². The fraction of sp³-hybridized carbons (Fsp3) is 0.182. The van der Waals surface area contributed by atoms with Gasteiger partial charge in [0.1, 0.15) is 12.2 Å². The number of aromatic nitrogens is 2. The maximum Gasteiger partial charge on any atom is 0.312 e. The average Bonchev–Trinajstić information content (AvgIpc) is 2.65. The zero-order valence-electron chi connectivity index (χ0n) is 8.98. The molecule has 0 saturated carbocycles. The molecule has 0 aliphatic carbocycles. The minimum Gasteiger partial charge on any atom is -0.481 e. The van der Waals surface area contributed by atoms with E-state index >= 15 is 0 Å². The topological polar surface area (TPSA) is 76.2 Å². The van der Waals surface area contributed by atoms with E-state index in [2.05, 4.69) is 10.1 Å². The molecule has 1 N–H and O–H groups in total. The first-order valence-corrected chi connectivity index (χ1v) is 4.87. The van der Waals surface area contributed by atoms with Crippen LogP contribution in [0.1, 0.15) is 11.5 Å². The Hall–Kier alpha value is -2.24. The summed E-state index contributed by atoms with van der Waals surface area (Å²) in [6, 6.07) is 4.16. The van der Waals surface area contributed by atoms with Crippen LogP contribution in [-0.2, 0) is 11.2 Å². The van der Waals surface area contributed by atoms with Crippen molar-refractivity contribution in [1.29, 1.82) is 0 Å². The Morgan fingerprint density at radius 3 is 2.94 bits per heavy atom. The van der Waals surface area contributed by atoms with Crippen molar-refractivity contribution < 1.29 is 18.8 Å². The molecule has 0 aliphatic heterocycles. The molecule has 0 saturated heterocycles. The molecule has 0 atom stereocenters. The largest absolute Gasteiger partial charge is 0.481 e. The molecular weight excluding hydrogens is 227 g/mol. The van der Waals surface area contributed by atoms with Gasteiger partial charge >= 0.3 is 5.97 Å². The first kappa shape index (κ1) is 11.3. The van der Waals surface area contributed by atoms with Crippen molar-refractivity contribution in [2.24, 2.45) is 0 Å². The predicted molar refractivity (Wildman–Crippen MR) is 55.8 cm³/mol. The number of nitrogens with zero attached hydrogens (tertiary/aromatic N) is 2. The molecule has 0 spiro atoms. The lowest BCUT2D eigenvalue weighted by Crippen LogP contribution is -1.99. The van der Waals surface area contributed by atoms with Crippen LogP contribution in [0, 0.1) is 12.7 Å². The van der Waals surface area contributed by atoms with Gasteiger partial charge in [0, 0.05) is 5.56 Å². The van der Waals surface area contributed by atoms with Crippen molar-refractivity contribution in [3.05, 3.63) is 35.5 Å². The first-order valence-electron chi connectivity index (χ1n) is 4.87. The van der Waals surface area contributed by atoms with Crippen LogP contribution in [0.2, 0.25) is 0 Å². The highest BCUT2D eigenvalue weighted by Gasteiger charge is 2.13. The Balaban J connectivity index is 2.33. The van der Waals surface area contributed by atoms with Gasteiger partial charge in [0.15, 0.2) is 0 Å². The molecule has 0 unspecified atom stereocenters. The Bertz CT molecular complexity index is 566. The van der Waals surface area contributed by atoms with Crippen LogP contribution in [0.15, 0.2) is 22.7 Å². The van der Waals surface area contributed by atoms with E-state index < -0.39 is 5.97 Å². The minimum atomic E-state index is -1.05. The van der Waals surface area contributed by atoms with Gasteiger partial charge in [0.25, 0.3) is 0 Å². The second-order valence-electron chi connectivity index (χ2n) is 3.54. The number of carboxylic acids is 1. The van der Waals surface area contributed by atoms with Gasteiger partial charge < -0.3 is 9.63 Å². The molecule has 2 aromatic rings. The molecule has 0 radical (unpaired) electrons. The van der Waals surface area contributed by atoms with Crippen molar-refractivity contribution >= 4 is 5.97 Å². The lowest BCUT2D eigenvalue weighted by molar-refractivity contribution is -0.136. The number of hydrogen-bond acceptors (Lipinski definition) is 4. The normalized spacial score (nSPS) is 10.5. The summed E-state index contributed by atoms with van der Waals surface area (Å²) < 4.78 is 17.7. The lowest BCUT2D eigenvalue weighted by Gasteiger charge is -1.99. The third-order valence-corrected chi connectivity index (χ3v) is 2.20.